The predicted molar refractivity (Wildman–Crippen MR) is 90.2 cm³/mol. The van der Waals surface area contributed by atoms with Crippen molar-refractivity contribution in [2.45, 2.75) is 66.2 Å². The van der Waals surface area contributed by atoms with Gasteiger partial charge in [-0.15, -0.1) is 0 Å². The first kappa shape index (κ1) is 15.4. The monoisotopic (exact) mass is 316 g/mol. The average Bonchev–Trinajstić information content (AvgIpc) is 2.97. The molecule has 0 aromatic rings. The van der Waals surface area contributed by atoms with Crippen LogP contribution in [0.3, 0.4) is 0 Å². The average molecular weight is 316 g/mol. The van der Waals surface area contributed by atoms with Crippen LogP contribution in [0.25, 0.3) is 0 Å². The topological polar surface area (TPSA) is 0 Å². The Kier molecular flexibility index (Phi) is 4.67. The Morgan fingerprint density at radius 2 is 1.71 bits per heavy atom. The summed E-state index contributed by atoms with van der Waals surface area (Å²) in [6, 6.07) is 0. The van der Waals surface area contributed by atoms with Gasteiger partial charge in [0.25, 0.3) is 0 Å². The molecule has 0 saturated heterocycles. The van der Waals surface area contributed by atoms with Gasteiger partial charge in [-0.25, -0.2) is 0 Å². The van der Waals surface area contributed by atoms with E-state index in [1.54, 1.807) is 16.7 Å². The molecular formula is C20H28Ti. The van der Waals surface area contributed by atoms with Crippen molar-refractivity contribution in [3.05, 3.63) is 42.7 Å². The second kappa shape index (κ2) is 6.35. The number of hydrogen-bond acceptors (Lipinski definition) is 0. The molecule has 1 heteroatoms. The van der Waals surface area contributed by atoms with Crippen molar-refractivity contribution in [1.29, 1.82) is 0 Å². The van der Waals surface area contributed by atoms with E-state index in [0.717, 1.165) is 0 Å². The maximum atomic E-state index is 2.57. The van der Waals surface area contributed by atoms with Crippen LogP contribution in [0.2, 0.25) is 0 Å². The van der Waals surface area contributed by atoms with Gasteiger partial charge in [-0.2, -0.15) is 0 Å². The normalized spacial score (nSPS) is 26.0. The molecule has 1 unspecified atom stereocenters. The third-order valence-electron chi connectivity index (χ3n) is 5.44. The summed E-state index contributed by atoms with van der Waals surface area (Å²) in [5.41, 5.74) is 4.75. The molecule has 3 aliphatic rings. The summed E-state index contributed by atoms with van der Waals surface area (Å²) in [4.78, 5) is 0. The second-order valence-electron chi connectivity index (χ2n) is 7.09. The van der Waals surface area contributed by atoms with Crippen LogP contribution >= 0.6 is 0 Å². The quantitative estimate of drug-likeness (QED) is 0.561. The van der Waals surface area contributed by atoms with Crippen molar-refractivity contribution in [2.75, 3.05) is 0 Å². The second-order valence-corrected chi connectivity index (χ2v) is 11.2. The summed E-state index contributed by atoms with van der Waals surface area (Å²) >= 11 is -1.40. The summed E-state index contributed by atoms with van der Waals surface area (Å²) in [7, 11) is 0. The van der Waals surface area contributed by atoms with E-state index >= 15 is 0 Å². The van der Waals surface area contributed by atoms with Crippen molar-refractivity contribution in [2.24, 2.45) is 5.92 Å². The van der Waals surface area contributed by atoms with Gasteiger partial charge in [0.1, 0.15) is 0 Å². The van der Waals surface area contributed by atoms with Gasteiger partial charge >= 0.3 is 136 Å². The van der Waals surface area contributed by atoms with Gasteiger partial charge in [-0.1, -0.05) is 0 Å². The van der Waals surface area contributed by atoms with Gasteiger partial charge < -0.3 is 0 Å². The third-order valence-corrected chi connectivity index (χ3v) is 11.0. The van der Waals surface area contributed by atoms with Crippen LogP contribution in [0, 0.1) is 5.92 Å². The number of rotatable bonds is 2. The van der Waals surface area contributed by atoms with Gasteiger partial charge in [0.15, 0.2) is 0 Å². The van der Waals surface area contributed by atoms with Crippen LogP contribution in [0.5, 0.6) is 0 Å². The van der Waals surface area contributed by atoms with E-state index in [-0.39, 0.29) is 0 Å². The van der Waals surface area contributed by atoms with Gasteiger partial charge in [0.05, 0.1) is 0 Å². The molecule has 112 valence electrons. The SMILES string of the molecule is CC1=C(C)C[C]([Ti]([C]2=C(C)C=CC2C)=[C]2CCCCC2)=C1. The minimum absolute atomic E-state index is 0.691. The molecule has 0 N–H and O–H groups in total. The molecular weight excluding hydrogens is 288 g/mol. The minimum atomic E-state index is -1.40. The zero-order chi connectivity index (χ0) is 15.0. The van der Waals surface area contributed by atoms with Gasteiger partial charge in [-0.05, 0) is 0 Å². The Morgan fingerprint density at radius 3 is 2.24 bits per heavy atom. The van der Waals surface area contributed by atoms with Gasteiger partial charge in [0.2, 0.25) is 0 Å². The summed E-state index contributed by atoms with van der Waals surface area (Å²) in [5, 5.41) is 0. The zero-order valence-electron chi connectivity index (χ0n) is 14.1. The molecule has 0 aliphatic heterocycles. The summed E-state index contributed by atoms with van der Waals surface area (Å²) in [6.07, 6.45) is 15.9. The molecule has 0 bridgehead atoms. The molecule has 0 aromatic heterocycles. The summed E-state index contributed by atoms with van der Waals surface area (Å²) in [5.74, 6) is 0.691. The van der Waals surface area contributed by atoms with E-state index < -0.39 is 17.4 Å². The first-order valence-electron chi connectivity index (χ1n) is 8.56. The first-order valence-corrected chi connectivity index (χ1v) is 10.9. The predicted octanol–water partition coefficient (Wildman–Crippen LogP) is 5.85. The van der Waals surface area contributed by atoms with Crippen LogP contribution in [-0.2, 0) is 17.4 Å². The van der Waals surface area contributed by atoms with Crippen LogP contribution in [-0.4, -0.2) is 3.81 Å². The fourth-order valence-electron chi connectivity index (χ4n) is 4.10. The molecule has 1 saturated carbocycles. The molecule has 21 heavy (non-hydrogen) atoms. The van der Waals surface area contributed by atoms with E-state index in [9.17, 15) is 0 Å². The Bertz CT molecular complexity index is 600. The van der Waals surface area contributed by atoms with Crippen molar-refractivity contribution >= 4 is 3.81 Å². The Hall–Kier alpha value is -0.456. The molecule has 0 aromatic carbocycles. The van der Waals surface area contributed by atoms with E-state index in [1.165, 1.54) is 38.5 Å². The fraction of sp³-hybridized carbons (Fsp3) is 0.550. The van der Waals surface area contributed by atoms with Crippen LogP contribution in [0.15, 0.2) is 42.7 Å². The van der Waals surface area contributed by atoms with Crippen molar-refractivity contribution < 1.29 is 17.4 Å². The molecule has 1 fully saturated rings. The Labute approximate surface area is 136 Å². The van der Waals surface area contributed by atoms with Gasteiger partial charge in [0, 0.05) is 0 Å². The van der Waals surface area contributed by atoms with E-state index in [4.69, 9.17) is 0 Å². The van der Waals surface area contributed by atoms with Crippen LogP contribution < -0.4 is 0 Å². The molecule has 0 radical (unpaired) electrons. The number of hydrogen-bond donors (Lipinski definition) is 0. The molecule has 3 rings (SSSR count). The molecule has 1 atom stereocenters. The van der Waals surface area contributed by atoms with E-state index in [0.29, 0.717) is 5.92 Å². The van der Waals surface area contributed by atoms with Crippen molar-refractivity contribution in [1.82, 2.24) is 0 Å². The van der Waals surface area contributed by atoms with Crippen molar-refractivity contribution in [3.63, 3.8) is 0 Å². The third kappa shape index (κ3) is 3.03. The van der Waals surface area contributed by atoms with Crippen LogP contribution in [0.1, 0.15) is 66.2 Å². The molecule has 0 spiro atoms. The standard InChI is InChI=1S/2C7H9.C6H10.Ti/c1-6-3-4-7(2)5-6;1-6-4-3-5-7(6)2;1-2-4-6-5-3-1;/h3-4,6H,1-2H3;4H,5H2,1-2H3;1-5H2;. The Balaban J connectivity index is 2.06. The van der Waals surface area contributed by atoms with Crippen molar-refractivity contribution in [3.8, 4) is 0 Å². The molecule has 0 amide bonds. The number of allylic oxidation sites excluding steroid dienone is 8. The van der Waals surface area contributed by atoms with E-state index in [1.807, 2.05) is 11.6 Å². The zero-order valence-corrected chi connectivity index (χ0v) is 15.6. The molecule has 0 heterocycles. The maximum absolute atomic E-state index is 2.57. The first-order chi connectivity index (χ1) is 10.1. The van der Waals surface area contributed by atoms with Crippen LogP contribution in [0.4, 0.5) is 0 Å². The summed E-state index contributed by atoms with van der Waals surface area (Å²) in [6.45, 7) is 9.41. The van der Waals surface area contributed by atoms with E-state index in [2.05, 4.69) is 45.9 Å². The Morgan fingerprint density at radius 1 is 1.00 bits per heavy atom. The molecule has 0 nitrogen and oxygen atoms in total. The fourth-order valence-corrected chi connectivity index (χ4v) is 10.1. The van der Waals surface area contributed by atoms with Gasteiger partial charge in [-0.3, -0.25) is 0 Å². The summed E-state index contributed by atoms with van der Waals surface area (Å²) < 4.78 is 5.69. The molecule has 3 aliphatic carbocycles.